The summed E-state index contributed by atoms with van der Waals surface area (Å²) < 4.78 is 5.61. The molecule has 5 atom stereocenters. The second kappa shape index (κ2) is 7.41. The number of likely N-dealkylation sites (tertiary alicyclic amines) is 1. The predicted molar refractivity (Wildman–Crippen MR) is 108 cm³/mol. The van der Waals surface area contributed by atoms with Crippen molar-refractivity contribution in [3.05, 3.63) is 46.9 Å². The lowest BCUT2D eigenvalue weighted by Crippen LogP contribution is -2.56. The summed E-state index contributed by atoms with van der Waals surface area (Å²) >= 11 is 0. The molecule has 1 heterocycles. The van der Waals surface area contributed by atoms with Crippen LogP contribution in [0.25, 0.3) is 0 Å². The molecule has 0 spiro atoms. The van der Waals surface area contributed by atoms with Crippen LogP contribution in [0.4, 0.5) is 0 Å². The standard InChI is InChI=1S/C22H31N3O3/c1-13-4-5-14-6-7-15(28-12-21(23)26)10-20(14)25(13)22(27)16-8-9-19(24(2)3)18-11-17(16)18/h7-9,11,13-14,18,20,22,27H,4-6,10,12H2,1-3H3,(H2,23,26)/t13-,14?,18?,20?,22?/m1/s1. The number of piperidine rings is 1. The number of carbonyl (C=O) groups is 1. The first kappa shape index (κ1) is 19.3. The summed E-state index contributed by atoms with van der Waals surface area (Å²) in [5.74, 6) is 1.22. The molecule has 3 aliphatic carbocycles. The molecular weight excluding hydrogens is 354 g/mol. The van der Waals surface area contributed by atoms with E-state index in [4.69, 9.17) is 10.5 Å². The number of carbonyl (C=O) groups excluding carboxylic acids is 1. The van der Waals surface area contributed by atoms with Gasteiger partial charge in [-0.25, -0.2) is 0 Å². The smallest absolute Gasteiger partial charge is 0.255 e. The van der Waals surface area contributed by atoms with Gasteiger partial charge in [-0.05, 0) is 55.4 Å². The van der Waals surface area contributed by atoms with Crippen LogP contribution in [0.3, 0.4) is 0 Å². The molecular formula is C22H31N3O3. The number of ether oxygens (including phenoxy) is 1. The molecule has 6 nitrogen and oxygen atoms in total. The molecule has 0 bridgehead atoms. The fourth-order valence-electron chi connectivity index (χ4n) is 5.04. The van der Waals surface area contributed by atoms with Crippen LogP contribution in [-0.2, 0) is 9.53 Å². The molecule has 4 unspecified atom stereocenters. The first-order chi connectivity index (χ1) is 13.4. The number of hydrogen-bond acceptors (Lipinski definition) is 5. The number of nitrogens with zero attached hydrogens (tertiary/aromatic N) is 2. The molecule has 0 aromatic carbocycles. The Hall–Kier alpha value is -2.05. The molecule has 0 radical (unpaired) electrons. The Labute approximate surface area is 167 Å². The van der Waals surface area contributed by atoms with Crippen molar-refractivity contribution >= 4 is 5.91 Å². The Morgan fingerprint density at radius 2 is 2.18 bits per heavy atom. The van der Waals surface area contributed by atoms with Crippen molar-refractivity contribution in [3.8, 4) is 0 Å². The predicted octanol–water partition coefficient (Wildman–Crippen LogP) is 1.90. The van der Waals surface area contributed by atoms with E-state index in [0.29, 0.717) is 24.3 Å². The second-order valence-electron chi connectivity index (χ2n) is 8.65. The van der Waals surface area contributed by atoms with Gasteiger partial charge in [-0.15, -0.1) is 0 Å². The summed E-state index contributed by atoms with van der Waals surface area (Å²) in [4.78, 5) is 15.5. The van der Waals surface area contributed by atoms with E-state index in [2.05, 4.69) is 55.1 Å². The van der Waals surface area contributed by atoms with Gasteiger partial charge in [-0.2, -0.15) is 0 Å². The van der Waals surface area contributed by atoms with Crippen LogP contribution in [0.5, 0.6) is 0 Å². The van der Waals surface area contributed by atoms with Gasteiger partial charge in [0.15, 0.2) is 6.61 Å². The van der Waals surface area contributed by atoms with E-state index in [1.807, 2.05) is 0 Å². The summed E-state index contributed by atoms with van der Waals surface area (Å²) in [7, 11) is 4.12. The zero-order valence-electron chi connectivity index (χ0n) is 17.0. The van der Waals surface area contributed by atoms with Gasteiger partial charge in [0.05, 0.1) is 5.76 Å². The molecule has 4 rings (SSSR count). The fourth-order valence-corrected chi connectivity index (χ4v) is 5.04. The fraction of sp³-hybridized carbons (Fsp3) is 0.591. The van der Waals surface area contributed by atoms with E-state index < -0.39 is 12.1 Å². The number of nitrogens with two attached hydrogens (primary N) is 1. The summed E-state index contributed by atoms with van der Waals surface area (Å²) in [5, 5.41) is 11.4. The van der Waals surface area contributed by atoms with Crippen LogP contribution in [0.1, 0.15) is 32.6 Å². The third kappa shape index (κ3) is 3.51. The molecule has 0 saturated carbocycles. The van der Waals surface area contributed by atoms with E-state index in [0.717, 1.165) is 30.6 Å². The average Bonchev–Trinajstić information content (AvgIpc) is 3.45. The topological polar surface area (TPSA) is 79.0 Å². The zero-order valence-corrected chi connectivity index (χ0v) is 17.0. The van der Waals surface area contributed by atoms with E-state index >= 15 is 0 Å². The van der Waals surface area contributed by atoms with Crippen molar-refractivity contribution in [2.75, 3.05) is 20.7 Å². The zero-order chi connectivity index (χ0) is 20.0. The Kier molecular flexibility index (Phi) is 5.10. The maximum Gasteiger partial charge on any atom is 0.255 e. The number of aliphatic hydroxyl groups excluding tert-OH is 1. The Bertz CT molecular complexity index is 780. The minimum absolute atomic E-state index is 0.0842. The molecule has 6 heteroatoms. The molecule has 0 aromatic heterocycles. The van der Waals surface area contributed by atoms with Crippen molar-refractivity contribution in [2.45, 2.75) is 50.9 Å². The van der Waals surface area contributed by atoms with Gasteiger partial charge >= 0.3 is 0 Å². The lowest BCUT2D eigenvalue weighted by atomic mass is 9.78. The van der Waals surface area contributed by atoms with Crippen LogP contribution >= 0.6 is 0 Å². The van der Waals surface area contributed by atoms with Crippen molar-refractivity contribution < 1.29 is 14.6 Å². The largest absolute Gasteiger partial charge is 0.488 e. The number of hydrogen-bond donors (Lipinski definition) is 2. The summed E-state index contributed by atoms with van der Waals surface area (Å²) in [6, 6.07) is 0.509. The molecule has 0 aromatic rings. The van der Waals surface area contributed by atoms with E-state index in [9.17, 15) is 9.90 Å². The highest BCUT2D eigenvalue weighted by atomic mass is 16.5. The molecule has 1 fully saturated rings. The number of primary amides is 1. The maximum absolute atomic E-state index is 11.4. The molecule has 152 valence electrons. The second-order valence-corrected chi connectivity index (χ2v) is 8.65. The minimum atomic E-state index is -0.616. The van der Waals surface area contributed by atoms with E-state index in [1.54, 1.807) is 0 Å². The third-order valence-corrected chi connectivity index (χ3v) is 6.58. The highest BCUT2D eigenvalue weighted by molar-refractivity contribution is 5.75. The van der Waals surface area contributed by atoms with Crippen LogP contribution in [0, 0.1) is 11.8 Å². The Balaban J connectivity index is 1.53. The summed E-state index contributed by atoms with van der Waals surface area (Å²) in [6.45, 7) is 2.12. The van der Waals surface area contributed by atoms with Gasteiger partial charge in [0.1, 0.15) is 6.23 Å². The SMILES string of the molecule is C[C@@H]1CCC2CC=C(OCC(N)=O)CC2N1C(O)C1=CC=C(N(C)C)C2C=C12. The lowest BCUT2D eigenvalue weighted by Gasteiger charge is -2.49. The van der Waals surface area contributed by atoms with Crippen LogP contribution in [0.15, 0.2) is 46.9 Å². The minimum Gasteiger partial charge on any atom is -0.488 e. The van der Waals surface area contributed by atoms with Crippen molar-refractivity contribution in [3.63, 3.8) is 0 Å². The van der Waals surface area contributed by atoms with Gasteiger partial charge < -0.3 is 20.5 Å². The molecule has 1 saturated heterocycles. The van der Waals surface area contributed by atoms with Crippen LogP contribution < -0.4 is 5.73 Å². The summed E-state index contributed by atoms with van der Waals surface area (Å²) in [6.07, 6.45) is 11.8. The van der Waals surface area contributed by atoms with Crippen molar-refractivity contribution in [2.24, 2.45) is 17.6 Å². The normalized spacial score (nSPS) is 32.7. The third-order valence-electron chi connectivity index (χ3n) is 6.58. The number of aliphatic hydroxyl groups is 1. The molecule has 3 N–H and O–H groups in total. The number of amides is 1. The number of allylic oxidation sites excluding steroid dienone is 4. The number of rotatable bonds is 6. The monoisotopic (exact) mass is 385 g/mol. The first-order valence-electron chi connectivity index (χ1n) is 10.2. The summed E-state index contributed by atoms with van der Waals surface area (Å²) in [5.41, 5.74) is 8.78. The lowest BCUT2D eigenvalue weighted by molar-refractivity contribution is -0.121. The van der Waals surface area contributed by atoms with Gasteiger partial charge in [0, 0.05) is 44.2 Å². The highest BCUT2D eigenvalue weighted by Gasteiger charge is 2.45. The quantitative estimate of drug-likeness (QED) is 0.730. The van der Waals surface area contributed by atoms with Gasteiger partial charge in [-0.1, -0.05) is 12.2 Å². The first-order valence-corrected chi connectivity index (χ1v) is 10.2. The van der Waals surface area contributed by atoms with E-state index in [-0.39, 0.29) is 12.6 Å². The number of fused-ring (bicyclic) bond motifs is 2. The average molecular weight is 386 g/mol. The van der Waals surface area contributed by atoms with Crippen LogP contribution in [0.2, 0.25) is 0 Å². The van der Waals surface area contributed by atoms with E-state index in [1.165, 1.54) is 11.3 Å². The molecule has 1 amide bonds. The van der Waals surface area contributed by atoms with Gasteiger partial charge in [-0.3, -0.25) is 9.69 Å². The molecule has 1 aliphatic heterocycles. The van der Waals surface area contributed by atoms with Crippen molar-refractivity contribution in [1.29, 1.82) is 0 Å². The van der Waals surface area contributed by atoms with Crippen molar-refractivity contribution in [1.82, 2.24) is 9.80 Å². The Morgan fingerprint density at radius 3 is 2.89 bits per heavy atom. The van der Waals surface area contributed by atoms with Gasteiger partial charge in [0.2, 0.25) is 0 Å². The molecule has 4 aliphatic rings. The molecule has 28 heavy (non-hydrogen) atoms. The maximum atomic E-state index is 11.4. The Morgan fingerprint density at radius 1 is 1.39 bits per heavy atom. The van der Waals surface area contributed by atoms with Gasteiger partial charge in [0.25, 0.3) is 5.91 Å². The van der Waals surface area contributed by atoms with Crippen LogP contribution in [-0.4, -0.2) is 59.8 Å². The highest BCUT2D eigenvalue weighted by Crippen LogP contribution is 2.48.